The SMILES string of the molecule is COc1ccc(C[C@@H]2NC(=O)/C(C)=C/[C@H]3CSC(=N3)[C@@H](C)[C@@H](O)C[C@H](C)C[C@@H](C(C)(C)C)OC(=O)[C@@H]3CCCN3C(=O)[C@H](CN=[N+]=[N-])N(C)C(=O)[C@H](C)N(C)C2=O)cc1. The molecule has 0 aliphatic carbocycles. The first-order valence-corrected chi connectivity index (χ1v) is 21.3. The monoisotopic (exact) mass is 838 g/mol. The number of esters is 1. The number of azide groups is 1. The molecular weight excluding hydrogens is 777 g/mol. The Morgan fingerprint density at radius 2 is 1.71 bits per heavy atom. The van der Waals surface area contributed by atoms with Crippen molar-refractivity contribution in [2.45, 2.75) is 123 Å². The van der Waals surface area contributed by atoms with Gasteiger partial charge in [0, 0.05) is 49.2 Å². The second kappa shape index (κ2) is 20.6. The minimum absolute atomic E-state index is 0.0459. The topological polar surface area (TPSA) is 207 Å². The van der Waals surface area contributed by atoms with E-state index < -0.39 is 77.9 Å². The Morgan fingerprint density at radius 3 is 2.34 bits per heavy atom. The van der Waals surface area contributed by atoms with Crippen LogP contribution in [0, 0.1) is 17.3 Å². The van der Waals surface area contributed by atoms with Gasteiger partial charge in [0.1, 0.15) is 36.0 Å². The van der Waals surface area contributed by atoms with E-state index in [1.54, 1.807) is 44.4 Å². The van der Waals surface area contributed by atoms with Crippen LogP contribution < -0.4 is 10.1 Å². The first-order chi connectivity index (χ1) is 27.8. The molecule has 16 nitrogen and oxygen atoms in total. The van der Waals surface area contributed by atoms with Crippen molar-refractivity contribution in [3.05, 3.63) is 51.9 Å². The van der Waals surface area contributed by atoms with E-state index in [1.165, 1.54) is 42.6 Å². The number of aliphatic imine (C=N–C) groups is 1. The number of hydrogen-bond donors (Lipinski definition) is 2. The van der Waals surface area contributed by atoms with Crippen LogP contribution in [0.15, 0.2) is 46.0 Å². The average Bonchev–Trinajstić information content (AvgIpc) is 3.89. The van der Waals surface area contributed by atoms with Crippen LogP contribution in [-0.4, -0.2) is 137 Å². The number of benzene rings is 1. The maximum Gasteiger partial charge on any atom is 0.329 e. The van der Waals surface area contributed by atoms with Gasteiger partial charge in [-0.3, -0.25) is 24.2 Å². The largest absolute Gasteiger partial charge is 0.497 e. The van der Waals surface area contributed by atoms with Crippen LogP contribution in [0.25, 0.3) is 10.4 Å². The second-order valence-electron chi connectivity index (χ2n) is 17.2. The Morgan fingerprint density at radius 1 is 1.03 bits per heavy atom. The molecule has 0 radical (unpaired) electrons. The Bertz CT molecular complexity index is 1810. The zero-order valence-corrected chi connectivity index (χ0v) is 36.9. The number of thioether (sulfide) groups is 1. The van der Waals surface area contributed by atoms with Crippen LogP contribution in [0.4, 0.5) is 0 Å². The lowest BCUT2D eigenvalue weighted by molar-refractivity contribution is -0.165. The number of likely N-dealkylation sites (N-methyl/N-ethyl adjacent to an activating group) is 2. The Balaban J connectivity index is 1.74. The van der Waals surface area contributed by atoms with Gasteiger partial charge >= 0.3 is 5.97 Å². The van der Waals surface area contributed by atoms with Crippen LogP contribution in [0.5, 0.6) is 5.75 Å². The Hall–Kier alpha value is -4.60. The molecule has 2 N–H and O–H groups in total. The van der Waals surface area contributed by atoms with Gasteiger partial charge < -0.3 is 34.6 Å². The molecule has 4 rings (SSSR count). The van der Waals surface area contributed by atoms with E-state index in [4.69, 9.17) is 14.5 Å². The normalized spacial score (nSPS) is 30.9. The predicted molar refractivity (Wildman–Crippen MR) is 227 cm³/mol. The van der Waals surface area contributed by atoms with Gasteiger partial charge in [0.2, 0.25) is 23.6 Å². The van der Waals surface area contributed by atoms with E-state index in [0.29, 0.717) is 42.8 Å². The fraction of sp³-hybridized carbons (Fsp3) is 0.667. The Labute approximate surface area is 352 Å². The lowest BCUT2D eigenvalue weighted by atomic mass is 9.81. The smallest absolute Gasteiger partial charge is 0.329 e. The molecule has 0 aromatic heterocycles. The fourth-order valence-corrected chi connectivity index (χ4v) is 8.76. The van der Waals surface area contributed by atoms with Crippen molar-refractivity contribution in [3.63, 3.8) is 0 Å². The molecule has 0 saturated carbocycles. The van der Waals surface area contributed by atoms with Gasteiger partial charge in [-0.15, -0.1) is 11.8 Å². The first kappa shape index (κ1) is 47.1. The van der Waals surface area contributed by atoms with Crippen molar-refractivity contribution in [1.82, 2.24) is 20.0 Å². The zero-order valence-electron chi connectivity index (χ0n) is 36.1. The summed E-state index contributed by atoms with van der Waals surface area (Å²) in [4.78, 5) is 81.9. The van der Waals surface area contributed by atoms with Gasteiger partial charge in [-0.25, -0.2) is 4.79 Å². The predicted octanol–water partition coefficient (Wildman–Crippen LogP) is 4.54. The van der Waals surface area contributed by atoms with Crippen molar-refractivity contribution in [2.75, 3.05) is 40.0 Å². The molecule has 0 spiro atoms. The van der Waals surface area contributed by atoms with Gasteiger partial charge in [0.25, 0.3) is 0 Å². The summed E-state index contributed by atoms with van der Waals surface area (Å²) in [6.45, 7) is 12.9. The first-order valence-electron chi connectivity index (χ1n) is 20.3. The minimum atomic E-state index is -1.28. The van der Waals surface area contributed by atoms with Crippen molar-refractivity contribution >= 4 is 46.4 Å². The summed E-state index contributed by atoms with van der Waals surface area (Å²) in [7, 11) is 4.39. The van der Waals surface area contributed by atoms with E-state index >= 15 is 0 Å². The standard InChI is InChI=1S/C42H62N8O8S/c1-24-18-34(51)26(3)37-45-29(23-59-37)20-25(2)36(52)46-31(21-28-13-15-30(57-10)16-14-28)39(54)48(8)27(4)38(53)49(9)33(22-44-47-43)40(55)50-17-11-12-32(50)41(56)58-35(19-24)42(5,6)7/h13-16,20,24,26-27,29,31-35,51H,11-12,17-19,21-23H2,1-10H3,(H,46,52)/b25-20+/t24-,26-,27-,29-,31-,32-,33-,34-,35-/m0/s1. The molecule has 324 valence electrons. The third-order valence-electron chi connectivity index (χ3n) is 11.7. The summed E-state index contributed by atoms with van der Waals surface area (Å²) in [6, 6.07) is 2.33. The molecule has 3 aliphatic heterocycles. The number of hydrogen-bond acceptors (Lipinski definition) is 11. The van der Waals surface area contributed by atoms with Crippen molar-refractivity contribution < 1.29 is 38.6 Å². The Kier molecular flexibility index (Phi) is 16.4. The molecule has 3 aliphatic rings. The fourth-order valence-electron chi connectivity index (χ4n) is 7.61. The van der Waals surface area contributed by atoms with E-state index in [9.17, 15) is 34.6 Å². The number of aliphatic hydroxyl groups excluding tert-OH is 1. The van der Waals surface area contributed by atoms with Crippen LogP contribution >= 0.6 is 11.8 Å². The van der Waals surface area contributed by atoms with Gasteiger partial charge in [0.15, 0.2) is 0 Å². The van der Waals surface area contributed by atoms with Crippen LogP contribution in [0.3, 0.4) is 0 Å². The molecule has 9 atom stereocenters. The number of ether oxygens (including phenoxy) is 2. The van der Waals surface area contributed by atoms with Crippen molar-refractivity contribution in [3.8, 4) is 5.75 Å². The molecule has 59 heavy (non-hydrogen) atoms. The molecule has 2 bridgehead atoms. The lowest BCUT2D eigenvalue weighted by Gasteiger charge is -2.37. The second-order valence-corrected chi connectivity index (χ2v) is 18.2. The summed E-state index contributed by atoms with van der Waals surface area (Å²) in [5, 5.41) is 18.7. The molecule has 0 unspecified atom stereocenters. The number of carbonyl (C=O) groups excluding carboxylic acids is 5. The highest BCUT2D eigenvalue weighted by molar-refractivity contribution is 8.14. The third-order valence-corrected chi connectivity index (χ3v) is 12.9. The zero-order chi connectivity index (χ0) is 43.8. The highest BCUT2D eigenvalue weighted by Crippen LogP contribution is 2.34. The van der Waals surface area contributed by atoms with Crippen LogP contribution in [-0.2, 0) is 35.1 Å². The summed E-state index contributed by atoms with van der Waals surface area (Å²) in [5.41, 5.74) is 9.88. The van der Waals surface area contributed by atoms with E-state index in [1.807, 2.05) is 34.6 Å². The number of carbonyl (C=O) groups is 5. The maximum atomic E-state index is 14.3. The minimum Gasteiger partial charge on any atom is -0.497 e. The van der Waals surface area contributed by atoms with Crippen LogP contribution in [0.1, 0.15) is 79.7 Å². The molecule has 3 heterocycles. The van der Waals surface area contributed by atoms with E-state index in [-0.39, 0.29) is 30.8 Å². The molecule has 4 amide bonds. The summed E-state index contributed by atoms with van der Waals surface area (Å²) in [5.74, 6) is -1.91. The number of amides is 4. The highest BCUT2D eigenvalue weighted by Gasteiger charge is 2.43. The number of fused-ring (bicyclic) bond motifs is 2. The average molecular weight is 839 g/mol. The van der Waals surface area contributed by atoms with Crippen molar-refractivity contribution in [1.29, 1.82) is 0 Å². The van der Waals surface area contributed by atoms with E-state index in [2.05, 4.69) is 15.3 Å². The molecule has 1 aromatic carbocycles. The van der Waals surface area contributed by atoms with Crippen molar-refractivity contribution in [2.24, 2.45) is 27.4 Å². The van der Waals surface area contributed by atoms with Gasteiger partial charge in [0.05, 0.1) is 30.8 Å². The lowest BCUT2D eigenvalue weighted by Crippen LogP contribution is -2.58. The number of nitrogens with zero attached hydrogens (tertiary/aromatic N) is 7. The van der Waals surface area contributed by atoms with Gasteiger partial charge in [-0.2, -0.15) is 0 Å². The number of nitrogens with one attached hydrogen (secondary N) is 1. The van der Waals surface area contributed by atoms with Crippen LogP contribution in [0.2, 0.25) is 0 Å². The summed E-state index contributed by atoms with van der Waals surface area (Å²) >= 11 is 1.54. The third kappa shape index (κ3) is 12.0. The van der Waals surface area contributed by atoms with Gasteiger partial charge in [-0.05, 0) is 74.1 Å². The maximum absolute atomic E-state index is 14.3. The number of methoxy groups -OCH3 is 1. The number of rotatable bonds is 5. The molecular formula is C42H62N8O8S. The van der Waals surface area contributed by atoms with Gasteiger partial charge in [-0.1, -0.05) is 57.9 Å². The van der Waals surface area contributed by atoms with E-state index in [0.717, 1.165) is 15.5 Å². The quantitative estimate of drug-likeness (QED) is 0.185. The number of cyclic esters (lactones) is 1. The number of aliphatic hydroxyl groups is 1. The summed E-state index contributed by atoms with van der Waals surface area (Å²) < 4.78 is 11.5. The summed E-state index contributed by atoms with van der Waals surface area (Å²) in [6.07, 6.45) is 2.36. The molecule has 1 saturated heterocycles. The molecule has 1 fully saturated rings. The highest BCUT2D eigenvalue weighted by atomic mass is 32.2. The molecule has 1 aromatic rings. The molecule has 17 heteroatoms.